The summed E-state index contributed by atoms with van der Waals surface area (Å²) in [5.74, 6) is 0.897. The fourth-order valence-electron chi connectivity index (χ4n) is 2.40. The zero-order valence-electron chi connectivity index (χ0n) is 13.5. The third kappa shape index (κ3) is 2.82. The molecule has 2 aromatic heterocycles. The molecule has 0 saturated carbocycles. The van der Waals surface area contributed by atoms with Gasteiger partial charge in [0.1, 0.15) is 0 Å². The Balaban J connectivity index is 1.94. The van der Waals surface area contributed by atoms with Gasteiger partial charge in [0.05, 0.1) is 11.4 Å². The molecule has 0 radical (unpaired) electrons. The fraction of sp³-hybridized carbons (Fsp3) is 0.333. The van der Waals surface area contributed by atoms with Crippen molar-refractivity contribution in [3.63, 3.8) is 0 Å². The highest BCUT2D eigenvalue weighted by Crippen LogP contribution is 2.27. The van der Waals surface area contributed by atoms with Crippen LogP contribution in [-0.4, -0.2) is 20.4 Å². The molecule has 0 bridgehead atoms. The smallest absolute Gasteiger partial charge is 0.0923 e. The van der Waals surface area contributed by atoms with E-state index < -0.39 is 0 Å². The van der Waals surface area contributed by atoms with Gasteiger partial charge >= 0.3 is 0 Å². The second kappa shape index (κ2) is 5.79. The molecule has 2 heterocycles. The molecule has 0 saturated heterocycles. The normalized spacial score (nSPS) is 11.5. The highest BCUT2D eigenvalue weighted by atomic mass is 15.1. The number of hydrogen-bond acceptors (Lipinski definition) is 2. The number of benzene rings is 1. The minimum atomic E-state index is 0.448. The molecule has 1 aromatic carbocycles. The second-order valence-electron chi connectivity index (χ2n) is 6.31. The van der Waals surface area contributed by atoms with Crippen LogP contribution in [0.3, 0.4) is 0 Å². The van der Waals surface area contributed by atoms with Crippen molar-refractivity contribution in [3.05, 3.63) is 47.8 Å². The molecule has 3 rings (SSSR count). The number of aromatic nitrogens is 4. The topological polar surface area (TPSA) is 57.4 Å². The van der Waals surface area contributed by atoms with E-state index in [1.807, 2.05) is 0 Å². The molecule has 22 heavy (non-hydrogen) atoms. The van der Waals surface area contributed by atoms with Crippen molar-refractivity contribution in [1.82, 2.24) is 20.4 Å². The van der Waals surface area contributed by atoms with Crippen molar-refractivity contribution >= 4 is 0 Å². The molecule has 3 aromatic rings. The van der Waals surface area contributed by atoms with Gasteiger partial charge in [0, 0.05) is 22.5 Å². The summed E-state index contributed by atoms with van der Waals surface area (Å²) >= 11 is 0. The van der Waals surface area contributed by atoms with E-state index >= 15 is 0 Å². The SMILES string of the molecule is CC(C)c1cc(-c2cccc(-c3cc(C(C)C)[nH]n3)c2)n[nH]1. The van der Waals surface area contributed by atoms with Crippen LogP contribution in [0, 0.1) is 0 Å². The average molecular weight is 294 g/mol. The predicted octanol–water partition coefficient (Wildman–Crippen LogP) is 4.71. The van der Waals surface area contributed by atoms with Gasteiger partial charge in [-0.3, -0.25) is 10.2 Å². The lowest BCUT2D eigenvalue weighted by molar-refractivity contribution is 0.811. The molecule has 0 amide bonds. The van der Waals surface area contributed by atoms with Crippen LogP contribution in [0.2, 0.25) is 0 Å². The Kier molecular flexibility index (Phi) is 3.84. The highest BCUT2D eigenvalue weighted by Gasteiger charge is 2.10. The third-order valence-electron chi connectivity index (χ3n) is 3.89. The number of H-pyrrole nitrogens is 2. The van der Waals surface area contributed by atoms with Gasteiger partial charge in [-0.1, -0.05) is 45.9 Å². The lowest BCUT2D eigenvalue weighted by Crippen LogP contribution is -1.85. The van der Waals surface area contributed by atoms with Gasteiger partial charge in [-0.05, 0) is 30.0 Å². The van der Waals surface area contributed by atoms with E-state index in [9.17, 15) is 0 Å². The molecule has 4 heteroatoms. The van der Waals surface area contributed by atoms with Gasteiger partial charge in [0.25, 0.3) is 0 Å². The van der Waals surface area contributed by atoms with Crippen molar-refractivity contribution < 1.29 is 0 Å². The van der Waals surface area contributed by atoms with Crippen molar-refractivity contribution in [3.8, 4) is 22.5 Å². The zero-order valence-corrected chi connectivity index (χ0v) is 13.5. The summed E-state index contributed by atoms with van der Waals surface area (Å²) < 4.78 is 0. The molecule has 0 aliphatic heterocycles. The molecule has 0 aliphatic rings. The third-order valence-corrected chi connectivity index (χ3v) is 3.89. The van der Waals surface area contributed by atoms with Crippen molar-refractivity contribution in [2.75, 3.05) is 0 Å². The molecule has 114 valence electrons. The van der Waals surface area contributed by atoms with Crippen molar-refractivity contribution in [1.29, 1.82) is 0 Å². The van der Waals surface area contributed by atoms with Crippen LogP contribution in [0.4, 0.5) is 0 Å². The fourth-order valence-corrected chi connectivity index (χ4v) is 2.40. The maximum atomic E-state index is 4.42. The molecule has 4 nitrogen and oxygen atoms in total. The van der Waals surface area contributed by atoms with Gasteiger partial charge in [0.2, 0.25) is 0 Å². The van der Waals surface area contributed by atoms with Crippen LogP contribution in [-0.2, 0) is 0 Å². The number of nitrogens with zero attached hydrogens (tertiary/aromatic N) is 2. The summed E-state index contributed by atoms with van der Waals surface area (Å²) in [6, 6.07) is 12.6. The van der Waals surface area contributed by atoms with E-state index in [2.05, 4.69) is 84.5 Å². The van der Waals surface area contributed by atoms with Crippen molar-refractivity contribution in [2.45, 2.75) is 39.5 Å². The summed E-state index contributed by atoms with van der Waals surface area (Å²) in [5, 5.41) is 15.1. The molecule has 0 atom stereocenters. The molecule has 0 aliphatic carbocycles. The van der Waals surface area contributed by atoms with Crippen molar-refractivity contribution in [2.24, 2.45) is 0 Å². The Bertz CT molecular complexity index is 703. The second-order valence-corrected chi connectivity index (χ2v) is 6.31. The Hall–Kier alpha value is -2.36. The Morgan fingerprint density at radius 2 is 1.18 bits per heavy atom. The molecular weight excluding hydrogens is 272 g/mol. The maximum Gasteiger partial charge on any atom is 0.0923 e. The molecule has 0 unspecified atom stereocenters. The number of aromatic amines is 2. The minimum Gasteiger partial charge on any atom is -0.282 e. The lowest BCUT2D eigenvalue weighted by atomic mass is 10.0. The summed E-state index contributed by atoms with van der Waals surface area (Å²) in [7, 11) is 0. The number of nitrogens with one attached hydrogen (secondary N) is 2. The first kappa shape index (κ1) is 14.6. The van der Waals surface area contributed by atoms with Crippen LogP contribution in [0.25, 0.3) is 22.5 Å². The van der Waals surface area contributed by atoms with E-state index in [1.165, 1.54) is 0 Å². The maximum absolute atomic E-state index is 4.42. The Morgan fingerprint density at radius 3 is 1.55 bits per heavy atom. The number of rotatable bonds is 4. The first-order valence-electron chi connectivity index (χ1n) is 7.76. The van der Waals surface area contributed by atoms with Crippen LogP contribution in [0.1, 0.15) is 50.9 Å². The number of hydrogen-bond donors (Lipinski definition) is 2. The van der Waals surface area contributed by atoms with Gasteiger partial charge < -0.3 is 0 Å². The molecule has 2 N–H and O–H groups in total. The quantitative estimate of drug-likeness (QED) is 0.732. The van der Waals surface area contributed by atoms with E-state index in [4.69, 9.17) is 0 Å². The van der Waals surface area contributed by atoms with Gasteiger partial charge in [-0.15, -0.1) is 0 Å². The van der Waals surface area contributed by atoms with E-state index in [0.29, 0.717) is 11.8 Å². The van der Waals surface area contributed by atoms with Gasteiger partial charge in [0.15, 0.2) is 0 Å². The predicted molar refractivity (Wildman–Crippen MR) is 89.8 cm³/mol. The highest BCUT2D eigenvalue weighted by molar-refractivity contribution is 5.69. The average Bonchev–Trinajstić information content (AvgIpc) is 3.17. The first-order chi connectivity index (χ1) is 10.5. The van der Waals surface area contributed by atoms with Crippen LogP contribution in [0.5, 0.6) is 0 Å². The minimum absolute atomic E-state index is 0.448. The van der Waals surface area contributed by atoms with Crippen LogP contribution >= 0.6 is 0 Å². The molecule has 0 fully saturated rings. The van der Waals surface area contributed by atoms with Gasteiger partial charge in [-0.2, -0.15) is 10.2 Å². The zero-order chi connectivity index (χ0) is 15.7. The molecular formula is C18H22N4. The first-order valence-corrected chi connectivity index (χ1v) is 7.76. The van der Waals surface area contributed by atoms with Crippen LogP contribution < -0.4 is 0 Å². The largest absolute Gasteiger partial charge is 0.282 e. The summed E-state index contributed by atoms with van der Waals surface area (Å²) in [5.41, 5.74) is 6.48. The summed E-state index contributed by atoms with van der Waals surface area (Å²) in [4.78, 5) is 0. The Morgan fingerprint density at radius 1 is 0.727 bits per heavy atom. The molecule has 0 spiro atoms. The van der Waals surface area contributed by atoms with E-state index in [-0.39, 0.29) is 0 Å². The summed E-state index contributed by atoms with van der Waals surface area (Å²) in [6.45, 7) is 8.63. The van der Waals surface area contributed by atoms with E-state index in [0.717, 1.165) is 33.9 Å². The lowest BCUT2D eigenvalue weighted by Gasteiger charge is -2.01. The Labute approximate surface area is 131 Å². The van der Waals surface area contributed by atoms with E-state index in [1.54, 1.807) is 0 Å². The standard InChI is InChI=1S/C18H22N4/c1-11(2)15-9-17(21-19-15)13-6-5-7-14(8-13)18-10-16(12(3)4)20-22-18/h5-12H,1-4H3,(H,19,21)(H,20,22). The monoisotopic (exact) mass is 294 g/mol. The summed E-state index contributed by atoms with van der Waals surface area (Å²) in [6.07, 6.45) is 0. The van der Waals surface area contributed by atoms with Crippen LogP contribution in [0.15, 0.2) is 36.4 Å². The van der Waals surface area contributed by atoms with Gasteiger partial charge in [-0.25, -0.2) is 0 Å².